The van der Waals surface area contributed by atoms with Gasteiger partial charge in [-0.1, -0.05) is 32.0 Å². The molecule has 0 atom stereocenters. The van der Waals surface area contributed by atoms with Gasteiger partial charge >= 0.3 is 0 Å². The van der Waals surface area contributed by atoms with Gasteiger partial charge in [0, 0.05) is 24.5 Å². The predicted molar refractivity (Wildman–Crippen MR) is 83.7 cm³/mol. The van der Waals surface area contributed by atoms with Crippen LogP contribution >= 0.6 is 0 Å². The molecular weight excluding hydrogens is 253 g/mol. The molecule has 0 bridgehead atoms. The number of nitrogens with zero attached hydrogens (tertiary/aromatic N) is 1. The summed E-state index contributed by atoms with van der Waals surface area (Å²) in [5, 5.41) is 6.55. The van der Waals surface area contributed by atoms with Crippen LogP contribution < -0.4 is 10.6 Å². The third-order valence-corrected chi connectivity index (χ3v) is 3.02. The van der Waals surface area contributed by atoms with E-state index in [-0.39, 0.29) is 16.8 Å². The average molecular weight is 279 g/mol. The molecule has 0 saturated carbocycles. The molecule has 1 aromatic carbocycles. The van der Waals surface area contributed by atoms with Crippen molar-refractivity contribution in [1.29, 1.82) is 0 Å². The molecular formula is C16H26FN3. The van der Waals surface area contributed by atoms with Crippen LogP contribution in [-0.4, -0.2) is 25.1 Å². The number of benzene rings is 1. The second-order valence-corrected chi connectivity index (χ2v) is 6.66. The molecule has 2 N–H and O–H groups in total. The van der Waals surface area contributed by atoms with Gasteiger partial charge in [0.05, 0.1) is 0 Å². The van der Waals surface area contributed by atoms with Crippen LogP contribution in [0, 0.1) is 5.82 Å². The molecule has 0 radical (unpaired) electrons. The van der Waals surface area contributed by atoms with Gasteiger partial charge < -0.3 is 10.6 Å². The van der Waals surface area contributed by atoms with Crippen LogP contribution in [0.25, 0.3) is 0 Å². The van der Waals surface area contributed by atoms with E-state index in [0.29, 0.717) is 12.1 Å². The fourth-order valence-corrected chi connectivity index (χ4v) is 1.94. The van der Waals surface area contributed by atoms with E-state index in [2.05, 4.69) is 36.4 Å². The summed E-state index contributed by atoms with van der Waals surface area (Å²) in [4.78, 5) is 4.19. The molecule has 3 nitrogen and oxygen atoms in total. The lowest BCUT2D eigenvalue weighted by molar-refractivity contribution is 0.459. The summed E-state index contributed by atoms with van der Waals surface area (Å²) in [7, 11) is 1.73. The maximum absolute atomic E-state index is 13.9. The first kappa shape index (κ1) is 16.5. The van der Waals surface area contributed by atoms with Gasteiger partial charge in [-0.05, 0) is 32.4 Å². The molecule has 0 aliphatic carbocycles. The Hall–Kier alpha value is -1.58. The van der Waals surface area contributed by atoms with Crippen molar-refractivity contribution in [3.63, 3.8) is 0 Å². The van der Waals surface area contributed by atoms with E-state index in [9.17, 15) is 4.39 Å². The smallest absolute Gasteiger partial charge is 0.191 e. The molecule has 0 aromatic heterocycles. The standard InChI is InChI=1S/C16H26FN3/c1-15(2,3)20-14(18-6)19-11-16(4,5)12-9-7-8-10-13(12)17/h7-10H,11H2,1-6H3,(H2,18,19,20). The Bertz CT molecular complexity index is 473. The number of halogens is 1. The second kappa shape index (κ2) is 6.25. The molecule has 0 fully saturated rings. The van der Waals surface area contributed by atoms with Crippen LogP contribution in [0.15, 0.2) is 29.3 Å². The first-order chi connectivity index (χ1) is 9.15. The third kappa shape index (κ3) is 4.83. The van der Waals surface area contributed by atoms with Crippen molar-refractivity contribution in [2.75, 3.05) is 13.6 Å². The molecule has 0 spiro atoms. The maximum Gasteiger partial charge on any atom is 0.191 e. The number of guanidine groups is 1. The molecule has 4 heteroatoms. The van der Waals surface area contributed by atoms with Gasteiger partial charge in [0.25, 0.3) is 0 Å². The number of hydrogen-bond donors (Lipinski definition) is 2. The van der Waals surface area contributed by atoms with Crippen molar-refractivity contribution in [1.82, 2.24) is 10.6 Å². The van der Waals surface area contributed by atoms with Gasteiger partial charge in [0.15, 0.2) is 5.96 Å². The number of aliphatic imine (C=N–C) groups is 1. The zero-order valence-electron chi connectivity index (χ0n) is 13.3. The van der Waals surface area contributed by atoms with Gasteiger partial charge in [-0.3, -0.25) is 4.99 Å². The number of nitrogens with one attached hydrogen (secondary N) is 2. The molecule has 20 heavy (non-hydrogen) atoms. The topological polar surface area (TPSA) is 36.4 Å². The van der Waals surface area contributed by atoms with Crippen molar-refractivity contribution < 1.29 is 4.39 Å². The monoisotopic (exact) mass is 279 g/mol. The molecule has 1 rings (SSSR count). The Morgan fingerprint density at radius 1 is 1.15 bits per heavy atom. The Morgan fingerprint density at radius 3 is 2.25 bits per heavy atom. The van der Waals surface area contributed by atoms with Gasteiger partial charge in [0.1, 0.15) is 5.82 Å². The van der Waals surface area contributed by atoms with Gasteiger partial charge in [-0.2, -0.15) is 0 Å². The Labute approximate surface area is 121 Å². The van der Waals surface area contributed by atoms with Crippen molar-refractivity contribution in [3.8, 4) is 0 Å². The highest BCUT2D eigenvalue weighted by Crippen LogP contribution is 2.24. The van der Waals surface area contributed by atoms with Crippen LogP contribution in [0.3, 0.4) is 0 Å². The molecule has 112 valence electrons. The zero-order chi connectivity index (χ0) is 15.4. The lowest BCUT2D eigenvalue weighted by atomic mass is 9.84. The molecule has 0 amide bonds. The summed E-state index contributed by atoms with van der Waals surface area (Å²) in [5.41, 5.74) is 0.323. The van der Waals surface area contributed by atoms with Crippen molar-refractivity contribution in [2.24, 2.45) is 4.99 Å². The fourth-order valence-electron chi connectivity index (χ4n) is 1.94. The Balaban J connectivity index is 2.75. The minimum Gasteiger partial charge on any atom is -0.356 e. The molecule has 0 unspecified atom stereocenters. The van der Waals surface area contributed by atoms with E-state index in [1.807, 2.05) is 26.0 Å². The van der Waals surface area contributed by atoms with Gasteiger partial charge in [-0.15, -0.1) is 0 Å². The lowest BCUT2D eigenvalue weighted by Crippen LogP contribution is -2.50. The normalized spacial score (nSPS) is 13.2. The van der Waals surface area contributed by atoms with E-state index < -0.39 is 0 Å². The third-order valence-electron chi connectivity index (χ3n) is 3.02. The van der Waals surface area contributed by atoms with Gasteiger partial charge in [0.2, 0.25) is 0 Å². The zero-order valence-corrected chi connectivity index (χ0v) is 13.3. The highest BCUT2D eigenvalue weighted by atomic mass is 19.1. The highest BCUT2D eigenvalue weighted by Gasteiger charge is 2.24. The summed E-state index contributed by atoms with van der Waals surface area (Å²) < 4.78 is 13.9. The minimum atomic E-state index is -0.319. The van der Waals surface area contributed by atoms with Crippen LogP contribution in [-0.2, 0) is 5.41 Å². The molecule has 0 aliphatic rings. The van der Waals surface area contributed by atoms with E-state index in [1.54, 1.807) is 13.1 Å². The molecule has 0 saturated heterocycles. The summed E-state index contributed by atoms with van der Waals surface area (Å²) in [5.74, 6) is 0.556. The predicted octanol–water partition coefficient (Wildman–Crippen LogP) is 3.07. The summed E-state index contributed by atoms with van der Waals surface area (Å²) in [6.07, 6.45) is 0. The largest absolute Gasteiger partial charge is 0.356 e. The van der Waals surface area contributed by atoms with E-state index in [4.69, 9.17) is 0 Å². The van der Waals surface area contributed by atoms with Crippen molar-refractivity contribution >= 4 is 5.96 Å². The van der Waals surface area contributed by atoms with Crippen LogP contribution in [0.5, 0.6) is 0 Å². The van der Waals surface area contributed by atoms with Crippen LogP contribution in [0.4, 0.5) is 4.39 Å². The molecule has 1 aromatic rings. The van der Waals surface area contributed by atoms with Crippen LogP contribution in [0.1, 0.15) is 40.2 Å². The van der Waals surface area contributed by atoms with Crippen molar-refractivity contribution in [3.05, 3.63) is 35.6 Å². The lowest BCUT2D eigenvalue weighted by Gasteiger charge is -2.29. The maximum atomic E-state index is 13.9. The number of rotatable bonds is 3. The van der Waals surface area contributed by atoms with E-state index in [1.165, 1.54) is 6.07 Å². The average Bonchev–Trinajstić information content (AvgIpc) is 2.33. The fraction of sp³-hybridized carbons (Fsp3) is 0.562. The minimum absolute atomic E-state index is 0.0655. The van der Waals surface area contributed by atoms with E-state index in [0.717, 1.165) is 5.96 Å². The van der Waals surface area contributed by atoms with Crippen LogP contribution in [0.2, 0.25) is 0 Å². The summed E-state index contributed by atoms with van der Waals surface area (Å²) in [6.45, 7) is 10.8. The summed E-state index contributed by atoms with van der Waals surface area (Å²) >= 11 is 0. The van der Waals surface area contributed by atoms with Crippen molar-refractivity contribution in [2.45, 2.75) is 45.6 Å². The van der Waals surface area contributed by atoms with E-state index >= 15 is 0 Å². The molecule has 0 heterocycles. The second-order valence-electron chi connectivity index (χ2n) is 6.66. The number of hydrogen-bond acceptors (Lipinski definition) is 1. The SMILES string of the molecule is CN=C(NCC(C)(C)c1ccccc1F)NC(C)(C)C. The summed E-state index contributed by atoms with van der Waals surface area (Å²) in [6, 6.07) is 6.90. The first-order valence-corrected chi connectivity index (χ1v) is 6.89. The Morgan fingerprint density at radius 2 is 1.75 bits per heavy atom. The molecule has 0 aliphatic heterocycles. The van der Waals surface area contributed by atoms with Gasteiger partial charge in [-0.25, -0.2) is 4.39 Å². The highest BCUT2D eigenvalue weighted by molar-refractivity contribution is 5.80. The first-order valence-electron chi connectivity index (χ1n) is 6.89. The Kier molecular flexibility index (Phi) is 5.15. The quantitative estimate of drug-likeness (QED) is 0.659.